The van der Waals surface area contributed by atoms with Gasteiger partial charge < -0.3 is 10.6 Å². The Bertz CT molecular complexity index is 519. The van der Waals surface area contributed by atoms with Crippen LogP contribution in [0.4, 0.5) is 5.69 Å². The average molecular weight is 258 g/mol. The van der Waals surface area contributed by atoms with Gasteiger partial charge in [0, 0.05) is 29.7 Å². The highest BCUT2D eigenvalue weighted by Crippen LogP contribution is 2.27. The Kier molecular flexibility index (Phi) is 3.35. The zero-order valence-corrected chi connectivity index (χ0v) is 11.4. The fraction of sp³-hybridized carbons (Fsp3) is 0.333. The molecule has 1 aliphatic rings. The number of nitrogens with one attached hydrogen (secondary N) is 2. The van der Waals surface area contributed by atoms with Gasteiger partial charge in [0.25, 0.3) is 0 Å². The van der Waals surface area contributed by atoms with E-state index in [0.29, 0.717) is 6.04 Å². The Morgan fingerprint density at radius 2 is 2.28 bits per heavy atom. The lowest BCUT2D eigenvalue weighted by Crippen LogP contribution is -2.17. The summed E-state index contributed by atoms with van der Waals surface area (Å²) in [5, 5.41) is 9.23. The van der Waals surface area contributed by atoms with E-state index in [1.54, 1.807) is 0 Å². The molecule has 1 atom stereocenters. The molecule has 0 bridgehead atoms. The summed E-state index contributed by atoms with van der Waals surface area (Å²) in [7, 11) is 0. The van der Waals surface area contributed by atoms with Crippen molar-refractivity contribution in [2.24, 2.45) is 0 Å². The van der Waals surface area contributed by atoms with E-state index in [4.69, 9.17) is 0 Å². The van der Waals surface area contributed by atoms with Crippen molar-refractivity contribution in [1.82, 2.24) is 5.32 Å². The summed E-state index contributed by atoms with van der Waals surface area (Å²) in [6.45, 7) is 4.23. The van der Waals surface area contributed by atoms with Crippen LogP contribution in [-0.2, 0) is 13.0 Å². The van der Waals surface area contributed by atoms with E-state index in [0.717, 1.165) is 19.5 Å². The van der Waals surface area contributed by atoms with Crippen molar-refractivity contribution < 1.29 is 0 Å². The molecule has 1 aromatic heterocycles. The third-order valence-electron chi connectivity index (χ3n) is 3.50. The molecule has 0 fully saturated rings. The second-order valence-corrected chi connectivity index (χ2v) is 5.73. The number of hydrogen-bond acceptors (Lipinski definition) is 3. The van der Waals surface area contributed by atoms with Crippen LogP contribution in [0, 0.1) is 0 Å². The Labute approximate surface area is 112 Å². The lowest BCUT2D eigenvalue weighted by Gasteiger charge is -2.14. The van der Waals surface area contributed by atoms with Crippen LogP contribution in [0.15, 0.2) is 35.7 Å². The summed E-state index contributed by atoms with van der Waals surface area (Å²) < 4.78 is 0. The number of hydrogen-bond donors (Lipinski definition) is 2. The summed E-state index contributed by atoms with van der Waals surface area (Å²) >= 11 is 1.81. The molecule has 0 radical (unpaired) electrons. The van der Waals surface area contributed by atoms with Crippen LogP contribution in [-0.4, -0.2) is 6.54 Å². The Balaban J connectivity index is 1.69. The topological polar surface area (TPSA) is 24.1 Å². The van der Waals surface area contributed by atoms with E-state index in [9.17, 15) is 0 Å². The van der Waals surface area contributed by atoms with Gasteiger partial charge in [0.15, 0.2) is 0 Å². The zero-order chi connectivity index (χ0) is 12.4. The molecule has 0 amide bonds. The highest BCUT2D eigenvalue weighted by atomic mass is 32.1. The van der Waals surface area contributed by atoms with Gasteiger partial charge in [-0.15, -0.1) is 11.3 Å². The number of para-hydroxylation sites is 1. The second-order valence-electron chi connectivity index (χ2n) is 4.75. The first-order valence-electron chi connectivity index (χ1n) is 6.46. The maximum atomic E-state index is 3.60. The van der Waals surface area contributed by atoms with Crippen LogP contribution >= 0.6 is 11.3 Å². The molecule has 1 unspecified atom stereocenters. The molecule has 94 valence electrons. The van der Waals surface area contributed by atoms with Crippen LogP contribution in [0.5, 0.6) is 0 Å². The zero-order valence-electron chi connectivity index (χ0n) is 10.6. The molecule has 18 heavy (non-hydrogen) atoms. The van der Waals surface area contributed by atoms with E-state index in [1.165, 1.54) is 21.7 Å². The first kappa shape index (κ1) is 11.8. The number of benzene rings is 1. The van der Waals surface area contributed by atoms with E-state index in [1.807, 2.05) is 11.3 Å². The third kappa shape index (κ3) is 2.28. The van der Waals surface area contributed by atoms with Gasteiger partial charge in [0.2, 0.25) is 0 Å². The van der Waals surface area contributed by atoms with Gasteiger partial charge in [-0.25, -0.2) is 0 Å². The molecule has 0 aliphatic carbocycles. The number of rotatable bonds is 4. The van der Waals surface area contributed by atoms with Gasteiger partial charge in [0.05, 0.1) is 0 Å². The lowest BCUT2D eigenvalue weighted by atomic mass is 10.1. The molecule has 0 spiro atoms. The molecule has 1 aliphatic heterocycles. The molecule has 2 aromatic rings. The minimum absolute atomic E-state index is 0.419. The Hall–Kier alpha value is -1.32. The predicted octanol–water partition coefficient (Wildman–Crippen LogP) is 3.57. The first-order chi connectivity index (χ1) is 8.84. The van der Waals surface area contributed by atoms with Gasteiger partial charge in [-0.2, -0.15) is 0 Å². The third-order valence-corrected chi connectivity index (χ3v) is 4.56. The maximum Gasteiger partial charge on any atom is 0.0419 e. The normalized spacial score (nSPS) is 15.2. The SMILES string of the molecule is CC(NCc1cccc2c1NCC2)c1cccs1. The minimum Gasteiger partial charge on any atom is -0.384 e. The number of anilines is 1. The molecule has 2 N–H and O–H groups in total. The van der Waals surface area contributed by atoms with Crippen LogP contribution in [0.2, 0.25) is 0 Å². The van der Waals surface area contributed by atoms with Crippen molar-refractivity contribution in [2.45, 2.75) is 25.9 Å². The van der Waals surface area contributed by atoms with Gasteiger partial charge in [-0.1, -0.05) is 24.3 Å². The van der Waals surface area contributed by atoms with E-state index in [2.05, 4.69) is 53.3 Å². The van der Waals surface area contributed by atoms with Crippen LogP contribution in [0.3, 0.4) is 0 Å². The largest absolute Gasteiger partial charge is 0.384 e. The van der Waals surface area contributed by atoms with Crippen molar-refractivity contribution in [1.29, 1.82) is 0 Å². The molecular weight excluding hydrogens is 240 g/mol. The van der Waals surface area contributed by atoms with Crippen molar-refractivity contribution in [3.8, 4) is 0 Å². The lowest BCUT2D eigenvalue weighted by molar-refractivity contribution is 0.583. The van der Waals surface area contributed by atoms with Crippen LogP contribution in [0.1, 0.15) is 29.0 Å². The quantitative estimate of drug-likeness (QED) is 0.876. The molecule has 3 rings (SSSR count). The standard InChI is InChI=1S/C15H18N2S/c1-11(14-6-3-9-18-14)17-10-13-5-2-4-12-7-8-16-15(12)13/h2-6,9,11,16-17H,7-8,10H2,1H3. The molecule has 2 nitrogen and oxygen atoms in total. The summed E-state index contributed by atoms with van der Waals surface area (Å²) in [6, 6.07) is 11.3. The molecule has 3 heteroatoms. The van der Waals surface area contributed by atoms with E-state index >= 15 is 0 Å². The van der Waals surface area contributed by atoms with Gasteiger partial charge in [0.1, 0.15) is 0 Å². The van der Waals surface area contributed by atoms with E-state index < -0.39 is 0 Å². The highest BCUT2D eigenvalue weighted by molar-refractivity contribution is 7.10. The Morgan fingerprint density at radius 1 is 1.33 bits per heavy atom. The van der Waals surface area contributed by atoms with Crippen molar-refractivity contribution in [3.05, 3.63) is 51.7 Å². The van der Waals surface area contributed by atoms with Gasteiger partial charge in [-0.05, 0) is 35.9 Å². The van der Waals surface area contributed by atoms with Crippen molar-refractivity contribution in [2.75, 3.05) is 11.9 Å². The fourth-order valence-electron chi connectivity index (χ4n) is 2.46. The first-order valence-corrected chi connectivity index (χ1v) is 7.34. The van der Waals surface area contributed by atoms with Crippen LogP contribution in [0.25, 0.3) is 0 Å². The van der Waals surface area contributed by atoms with Crippen molar-refractivity contribution >= 4 is 17.0 Å². The summed E-state index contributed by atoms with van der Waals surface area (Å²) in [5.41, 5.74) is 4.19. The van der Waals surface area contributed by atoms with Crippen molar-refractivity contribution in [3.63, 3.8) is 0 Å². The molecule has 2 heterocycles. The molecule has 0 saturated heterocycles. The molecule has 0 saturated carbocycles. The summed E-state index contributed by atoms with van der Waals surface area (Å²) in [6.07, 6.45) is 1.16. The molecule has 1 aromatic carbocycles. The highest BCUT2D eigenvalue weighted by Gasteiger charge is 2.14. The minimum atomic E-state index is 0.419. The predicted molar refractivity (Wildman–Crippen MR) is 78.2 cm³/mol. The van der Waals surface area contributed by atoms with E-state index in [-0.39, 0.29) is 0 Å². The molecular formula is C15H18N2S. The average Bonchev–Trinajstić information content (AvgIpc) is 3.05. The van der Waals surface area contributed by atoms with Crippen LogP contribution < -0.4 is 10.6 Å². The maximum absolute atomic E-state index is 3.60. The number of fused-ring (bicyclic) bond motifs is 1. The number of thiophene rings is 1. The Morgan fingerprint density at radius 3 is 3.11 bits per heavy atom. The van der Waals surface area contributed by atoms with Gasteiger partial charge >= 0.3 is 0 Å². The van der Waals surface area contributed by atoms with Gasteiger partial charge in [-0.3, -0.25) is 0 Å². The second kappa shape index (κ2) is 5.12. The fourth-order valence-corrected chi connectivity index (χ4v) is 3.22. The monoisotopic (exact) mass is 258 g/mol. The smallest absolute Gasteiger partial charge is 0.0419 e. The summed E-state index contributed by atoms with van der Waals surface area (Å²) in [4.78, 5) is 1.40. The summed E-state index contributed by atoms with van der Waals surface area (Å²) in [5.74, 6) is 0.